The van der Waals surface area contributed by atoms with Crippen LogP contribution < -0.4 is 19.5 Å². The summed E-state index contributed by atoms with van der Waals surface area (Å²) < 4.78 is 16.5. The van der Waals surface area contributed by atoms with Crippen LogP contribution in [0.25, 0.3) is 0 Å². The SMILES string of the molecule is CNC(COc1ccccc1)c1cc(OC)ccc1OC. The number of nitrogens with one attached hydrogen (secondary N) is 1. The molecule has 0 spiro atoms. The Hall–Kier alpha value is -2.20. The molecular formula is C17H21NO3. The van der Waals surface area contributed by atoms with E-state index in [4.69, 9.17) is 14.2 Å². The Bertz CT molecular complexity index is 557. The summed E-state index contributed by atoms with van der Waals surface area (Å²) in [6.45, 7) is 0.504. The van der Waals surface area contributed by atoms with Crippen molar-refractivity contribution in [2.45, 2.75) is 6.04 Å². The zero-order chi connectivity index (χ0) is 15.1. The highest BCUT2D eigenvalue weighted by Crippen LogP contribution is 2.29. The Morgan fingerprint density at radius 1 is 0.952 bits per heavy atom. The summed E-state index contributed by atoms with van der Waals surface area (Å²) in [6, 6.07) is 15.5. The molecule has 2 aromatic rings. The number of ether oxygens (including phenoxy) is 3. The lowest BCUT2D eigenvalue weighted by Gasteiger charge is -2.20. The van der Waals surface area contributed by atoms with E-state index in [9.17, 15) is 0 Å². The van der Waals surface area contributed by atoms with E-state index in [2.05, 4.69) is 5.32 Å². The van der Waals surface area contributed by atoms with Crippen LogP contribution in [-0.4, -0.2) is 27.9 Å². The van der Waals surface area contributed by atoms with Crippen molar-refractivity contribution in [3.05, 3.63) is 54.1 Å². The summed E-state index contributed by atoms with van der Waals surface area (Å²) in [5.41, 5.74) is 1.01. The van der Waals surface area contributed by atoms with Gasteiger partial charge >= 0.3 is 0 Å². The first-order valence-corrected chi connectivity index (χ1v) is 6.85. The van der Waals surface area contributed by atoms with Gasteiger partial charge in [0.25, 0.3) is 0 Å². The Balaban J connectivity index is 2.16. The van der Waals surface area contributed by atoms with Crippen molar-refractivity contribution in [3.63, 3.8) is 0 Å². The molecule has 0 aliphatic heterocycles. The van der Waals surface area contributed by atoms with Crippen molar-refractivity contribution in [2.24, 2.45) is 0 Å². The van der Waals surface area contributed by atoms with E-state index in [1.165, 1.54) is 0 Å². The molecule has 112 valence electrons. The van der Waals surface area contributed by atoms with Gasteiger partial charge in [-0.15, -0.1) is 0 Å². The maximum absolute atomic E-state index is 5.83. The standard InChI is InChI=1S/C17H21NO3/c1-18-16(12-21-13-7-5-4-6-8-13)15-11-14(19-2)9-10-17(15)20-3/h4-11,16,18H,12H2,1-3H3. The number of likely N-dealkylation sites (N-methyl/N-ethyl adjacent to an activating group) is 1. The van der Waals surface area contributed by atoms with Crippen molar-refractivity contribution in [3.8, 4) is 17.2 Å². The summed E-state index contributed by atoms with van der Waals surface area (Å²) in [5.74, 6) is 2.46. The van der Waals surface area contributed by atoms with Crippen molar-refractivity contribution in [2.75, 3.05) is 27.9 Å². The molecule has 0 bridgehead atoms. The van der Waals surface area contributed by atoms with Crippen LogP contribution in [0.1, 0.15) is 11.6 Å². The molecule has 1 N–H and O–H groups in total. The largest absolute Gasteiger partial charge is 0.497 e. The van der Waals surface area contributed by atoms with E-state index in [1.54, 1.807) is 14.2 Å². The van der Waals surface area contributed by atoms with Gasteiger partial charge in [0.1, 0.15) is 23.9 Å². The zero-order valence-electron chi connectivity index (χ0n) is 12.6. The van der Waals surface area contributed by atoms with E-state index in [0.717, 1.165) is 22.8 Å². The third-order valence-electron chi connectivity index (χ3n) is 3.32. The quantitative estimate of drug-likeness (QED) is 0.849. The Kier molecular flexibility index (Phi) is 5.46. The van der Waals surface area contributed by atoms with Gasteiger partial charge in [0.05, 0.1) is 20.3 Å². The Morgan fingerprint density at radius 2 is 1.71 bits per heavy atom. The first-order chi connectivity index (χ1) is 10.3. The van der Waals surface area contributed by atoms with Crippen LogP contribution >= 0.6 is 0 Å². The minimum absolute atomic E-state index is 0.00950. The van der Waals surface area contributed by atoms with Crippen molar-refractivity contribution < 1.29 is 14.2 Å². The third-order valence-corrected chi connectivity index (χ3v) is 3.32. The van der Waals surface area contributed by atoms with E-state index in [-0.39, 0.29) is 6.04 Å². The lowest BCUT2D eigenvalue weighted by atomic mass is 10.1. The van der Waals surface area contributed by atoms with Gasteiger partial charge in [-0.05, 0) is 37.4 Å². The van der Waals surface area contributed by atoms with Crippen LogP contribution in [0.3, 0.4) is 0 Å². The predicted octanol–water partition coefficient (Wildman–Crippen LogP) is 3.04. The molecule has 0 fully saturated rings. The summed E-state index contributed by atoms with van der Waals surface area (Å²) in [4.78, 5) is 0. The van der Waals surface area contributed by atoms with Crippen molar-refractivity contribution in [1.29, 1.82) is 0 Å². The first-order valence-electron chi connectivity index (χ1n) is 6.85. The topological polar surface area (TPSA) is 39.7 Å². The molecule has 4 nitrogen and oxygen atoms in total. The molecule has 2 aromatic carbocycles. The molecule has 0 aliphatic rings. The van der Waals surface area contributed by atoms with Gasteiger partial charge in [0.2, 0.25) is 0 Å². The van der Waals surface area contributed by atoms with Gasteiger partial charge in [-0.2, -0.15) is 0 Å². The molecule has 2 rings (SSSR count). The minimum atomic E-state index is 0.00950. The number of para-hydroxylation sites is 1. The molecule has 0 aromatic heterocycles. The molecule has 0 saturated heterocycles. The average Bonchev–Trinajstić information content (AvgIpc) is 2.56. The number of rotatable bonds is 7. The minimum Gasteiger partial charge on any atom is -0.497 e. The highest BCUT2D eigenvalue weighted by molar-refractivity contribution is 5.42. The van der Waals surface area contributed by atoms with Crippen LogP contribution in [0.5, 0.6) is 17.2 Å². The lowest BCUT2D eigenvalue weighted by Crippen LogP contribution is -2.24. The van der Waals surface area contributed by atoms with E-state index in [1.807, 2.05) is 55.6 Å². The fourth-order valence-corrected chi connectivity index (χ4v) is 2.14. The van der Waals surface area contributed by atoms with Crippen LogP contribution in [-0.2, 0) is 0 Å². The first kappa shape index (κ1) is 15.2. The summed E-state index contributed by atoms with van der Waals surface area (Å²) in [5, 5.41) is 3.25. The number of hydrogen-bond acceptors (Lipinski definition) is 4. The van der Waals surface area contributed by atoms with E-state index < -0.39 is 0 Å². The summed E-state index contributed by atoms with van der Waals surface area (Å²) in [7, 11) is 5.22. The average molecular weight is 287 g/mol. The number of benzene rings is 2. The van der Waals surface area contributed by atoms with Crippen LogP contribution in [0.4, 0.5) is 0 Å². The molecule has 4 heteroatoms. The third kappa shape index (κ3) is 3.89. The molecule has 0 heterocycles. The molecule has 0 aliphatic carbocycles. The predicted molar refractivity (Wildman–Crippen MR) is 83.3 cm³/mol. The van der Waals surface area contributed by atoms with Gasteiger partial charge in [-0.1, -0.05) is 18.2 Å². The second-order valence-corrected chi connectivity index (χ2v) is 4.57. The molecule has 1 atom stereocenters. The van der Waals surface area contributed by atoms with E-state index >= 15 is 0 Å². The lowest BCUT2D eigenvalue weighted by molar-refractivity contribution is 0.268. The number of hydrogen-bond donors (Lipinski definition) is 1. The van der Waals surface area contributed by atoms with Gasteiger partial charge in [0.15, 0.2) is 0 Å². The van der Waals surface area contributed by atoms with Crippen LogP contribution in [0.2, 0.25) is 0 Å². The Morgan fingerprint density at radius 3 is 2.33 bits per heavy atom. The fourth-order valence-electron chi connectivity index (χ4n) is 2.14. The summed E-state index contributed by atoms with van der Waals surface area (Å²) >= 11 is 0. The van der Waals surface area contributed by atoms with Crippen molar-refractivity contribution in [1.82, 2.24) is 5.32 Å². The normalized spacial score (nSPS) is 11.8. The van der Waals surface area contributed by atoms with Gasteiger partial charge in [-0.25, -0.2) is 0 Å². The van der Waals surface area contributed by atoms with Crippen LogP contribution in [0, 0.1) is 0 Å². The van der Waals surface area contributed by atoms with E-state index in [0.29, 0.717) is 6.61 Å². The highest BCUT2D eigenvalue weighted by atomic mass is 16.5. The molecule has 0 saturated carbocycles. The maximum Gasteiger partial charge on any atom is 0.124 e. The second-order valence-electron chi connectivity index (χ2n) is 4.57. The number of methoxy groups -OCH3 is 2. The Labute approximate surface area is 125 Å². The second kappa shape index (κ2) is 7.55. The van der Waals surface area contributed by atoms with Gasteiger partial charge in [0, 0.05) is 5.56 Å². The maximum atomic E-state index is 5.83. The van der Waals surface area contributed by atoms with Gasteiger partial charge < -0.3 is 19.5 Å². The van der Waals surface area contributed by atoms with Gasteiger partial charge in [-0.3, -0.25) is 0 Å². The molecular weight excluding hydrogens is 266 g/mol. The molecule has 0 radical (unpaired) electrons. The zero-order valence-corrected chi connectivity index (χ0v) is 12.6. The fraction of sp³-hybridized carbons (Fsp3) is 0.294. The summed E-state index contributed by atoms with van der Waals surface area (Å²) in [6.07, 6.45) is 0. The monoisotopic (exact) mass is 287 g/mol. The van der Waals surface area contributed by atoms with Crippen molar-refractivity contribution >= 4 is 0 Å². The highest BCUT2D eigenvalue weighted by Gasteiger charge is 2.16. The van der Waals surface area contributed by atoms with Crippen LogP contribution in [0.15, 0.2) is 48.5 Å². The molecule has 21 heavy (non-hydrogen) atoms. The molecule has 0 amide bonds. The molecule has 1 unspecified atom stereocenters. The smallest absolute Gasteiger partial charge is 0.124 e.